The van der Waals surface area contributed by atoms with Crippen molar-refractivity contribution in [1.82, 2.24) is 9.34 Å². The van der Waals surface area contributed by atoms with Crippen LogP contribution in [0.4, 0.5) is 0 Å². The van der Waals surface area contributed by atoms with E-state index in [2.05, 4.69) is 6.92 Å². The zero-order valence-electron chi connectivity index (χ0n) is 12.0. The molecule has 7 heteroatoms. The Hall–Kier alpha value is 0.390. The van der Waals surface area contributed by atoms with Crippen molar-refractivity contribution in [3.05, 3.63) is 0 Å². The summed E-state index contributed by atoms with van der Waals surface area (Å²) in [4.78, 5) is 0.643. The minimum absolute atomic E-state index is 0.338. The average molecular weight is 312 g/mol. The largest absolute Gasteiger partial charge is 0.369 e. The molecule has 108 valence electrons. The maximum absolute atomic E-state index is 13.1. The number of hydrogen-bond acceptors (Lipinski definition) is 4. The molecule has 0 bridgehead atoms. The Morgan fingerprint density at radius 1 is 1.39 bits per heavy atom. The minimum atomic E-state index is -2.70. The summed E-state index contributed by atoms with van der Waals surface area (Å²) >= 11 is 6.63. The Bertz CT molecular complexity index is 303. The number of ether oxygens (including phenoxy) is 1. The second-order valence-corrected chi connectivity index (χ2v) is 9.87. The van der Waals surface area contributed by atoms with Gasteiger partial charge in [-0.15, -0.1) is 0 Å². The second-order valence-electron chi connectivity index (χ2n) is 4.15. The van der Waals surface area contributed by atoms with Crippen molar-refractivity contribution in [2.45, 2.75) is 33.1 Å². The molecule has 0 rings (SSSR count). The molecular formula is C11H25N2O2PS2. The summed E-state index contributed by atoms with van der Waals surface area (Å²) in [7, 11) is 5.21. The molecule has 0 radical (unpaired) electrons. The highest BCUT2D eigenvalue weighted by Crippen LogP contribution is 2.63. The monoisotopic (exact) mass is 312 g/mol. The highest BCUT2D eigenvalue weighted by molar-refractivity contribution is 8.56. The molecular weight excluding hydrogens is 287 g/mol. The molecule has 0 aliphatic rings. The van der Waals surface area contributed by atoms with Gasteiger partial charge in [0.1, 0.15) is 6.73 Å². The van der Waals surface area contributed by atoms with Crippen LogP contribution in [-0.4, -0.2) is 48.0 Å². The van der Waals surface area contributed by atoms with Gasteiger partial charge in [-0.2, -0.15) is 0 Å². The van der Waals surface area contributed by atoms with Gasteiger partial charge < -0.3 is 9.41 Å². The van der Waals surface area contributed by atoms with E-state index < -0.39 is 6.65 Å². The number of rotatable bonds is 9. The van der Waals surface area contributed by atoms with E-state index in [4.69, 9.17) is 17.0 Å². The third kappa shape index (κ3) is 5.57. The van der Waals surface area contributed by atoms with Crippen LogP contribution in [0.2, 0.25) is 0 Å². The molecule has 0 heterocycles. The second kappa shape index (κ2) is 9.32. The molecule has 0 aromatic carbocycles. The Morgan fingerprint density at radius 2 is 2.00 bits per heavy atom. The fourth-order valence-electron chi connectivity index (χ4n) is 1.39. The van der Waals surface area contributed by atoms with Crippen LogP contribution in [0, 0.1) is 0 Å². The van der Waals surface area contributed by atoms with Gasteiger partial charge in [0.2, 0.25) is 0 Å². The molecule has 0 saturated heterocycles. The zero-order chi connectivity index (χ0) is 14.2. The first kappa shape index (κ1) is 18.4. The van der Waals surface area contributed by atoms with Crippen molar-refractivity contribution in [2.24, 2.45) is 0 Å². The third-order valence-electron chi connectivity index (χ3n) is 2.59. The maximum atomic E-state index is 13.1. The molecule has 1 unspecified atom stereocenters. The Morgan fingerprint density at radius 3 is 2.44 bits per heavy atom. The quantitative estimate of drug-likeness (QED) is 0.278. The van der Waals surface area contributed by atoms with Crippen molar-refractivity contribution >= 4 is 35.2 Å². The lowest BCUT2D eigenvalue weighted by Crippen LogP contribution is -2.29. The van der Waals surface area contributed by atoms with Crippen molar-refractivity contribution in [2.75, 3.05) is 33.7 Å². The SMILES string of the molecule is CCCCCSP(=O)(N(C)COC)N(C)C(C)=S. The predicted octanol–water partition coefficient (Wildman–Crippen LogP) is 3.83. The lowest BCUT2D eigenvalue weighted by molar-refractivity contribution is 0.129. The van der Waals surface area contributed by atoms with Gasteiger partial charge in [-0.05, 0) is 20.4 Å². The van der Waals surface area contributed by atoms with Crippen LogP contribution in [0.3, 0.4) is 0 Å². The lowest BCUT2D eigenvalue weighted by atomic mass is 10.3. The van der Waals surface area contributed by atoms with Crippen molar-refractivity contribution in [3.63, 3.8) is 0 Å². The summed E-state index contributed by atoms with van der Waals surface area (Å²) in [6, 6.07) is 0. The number of hydrogen-bond donors (Lipinski definition) is 0. The summed E-state index contributed by atoms with van der Waals surface area (Å²) in [6.45, 7) is 1.60. The summed E-state index contributed by atoms with van der Waals surface area (Å²) in [5.74, 6) is 0.881. The van der Waals surface area contributed by atoms with Crippen LogP contribution < -0.4 is 0 Å². The minimum Gasteiger partial charge on any atom is -0.369 e. The van der Waals surface area contributed by atoms with E-state index in [1.165, 1.54) is 24.2 Å². The van der Waals surface area contributed by atoms with E-state index in [1.54, 1.807) is 30.4 Å². The number of nitrogens with zero attached hydrogens (tertiary/aromatic N) is 2. The number of unbranched alkanes of at least 4 members (excludes halogenated alkanes) is 2. The van der Waals surface area contributed by atoms with Gasteiger partial charge in [-0.3, -0.25) is 4.57 Å². The molecule has 0 aromatic heterocycles. The smallest absolute Gasteiger partial charge is 0.297 e. The summed E-state index contributed by atoms with van der Waals surface area (Å²) in [6.07, 6.45) is 3.42. The molecule has 1 atom stereocenters. The van der Waals surface area contributed by atoms with E-state index in [1.807, 2.05) is 7.05 Å². The first-order valence-corrected chi connectivity index (χ1v) is 9.71. The summed E-state index contributed by atoms with van der Waals surface area (Å²) in [5, 5.41) is 0. The van der Waals surface area contributed by atoms with E-state index in [9.17, 15) is 4.57 Å². The molecule has 0 spiro atoms. The Balaban J connectivity index is 4.70. The van der Waals surface area contributed by atoms with Gasteiger partial charge in [-0.25, -0.2) is 4.67 Å². The highest BCUT2D eigenvalue weighted by atomic mass is 32.7. The van der Waals surface area contributed by atoms with Crippen LogP contribution in [0.5, 0.6) is 0 Å². The Kier molecular flexibility index (Phi) is 9.52. The lowest BCUT2D eigenvalue weighted by Gasteiger charge is -2.34. The van der Waals surface area contributed by atoms with Crippen LogP contribution in [0.15, 0.2) is 0 Å². The fraction of sp³-hybridized carbons (Fsp3) is 0.909. The number of thiocarbonyl (C=S) groups is 1. The Labute approximate surface area is 121 Å². The van der Waals surface area contributed by atoms with Crippen LogP contribution in [0.1, 0.15) is 33.1 Å². The molecule has 0 fully saturated rings. The average Bonchev–Trinajstić information content (AvgIpc) is 2.33. The van der Waals surface area contributed by atoms with Gasteiger partial charge in [-0.1, -0.05) is 43.4 Å². The standard InChI is InChI=1S/C11H25N2O2PS2/c1-6-7-8-9-18-16(14,12(3)10-15-5)13(4)11(2)17/h6-10H2,1-5H3. The maximum Gasteiger partial charge on any atom is 0.297 e. The zero-order valence-corrected chi connectivity index (χ0v) is 14.5. The van der Waals surface area contributed by atoms with Crippen molar-refractivity contribution < 1.29 is 9.30 Å². The van der Waals surface area contributed by atoms with Crippen LogP contribution >= 0.6 is 30.2 Å². The normalized spacial score (nSPS) is 14.6. The molecule has 0 aliphatic heterocycles. The number of methoxy groups -OCH3 is 1. The first-order valence-electron chi connectivity index (χ1n) is 6.10. The van der Waals surface area contributed by atoms with E-state index in [0.29, 0.717) is 11.7 Å². The van der Waals surface area contributed by atoms with Gasteiger partial charge in [0.15, 0.2) is 0 Å². The molecule has 0 saturated carbocycles. The molecule has 0 aromatic rings. The first-order chi connectivity index (χ1) is 8.40. The van der Waals surface area contributed by atoms with Crippen LogP contribution in [-0.2, 0) is 9.30 Å². The summed E-state index contributed by atoms with van der Waals surface area (Å²) < 4.78 is 21.6. The summed E-state index contributed by atoms with van der Waals surface area (Å²) in [5.41, 5.74) is 0. The van der Waals surface area contributed by atoms with Gasteiger partial charge in [0.05, 0.1) is 4.99 Å². The van der Waals surface area contributed by atoms with Gasteiger partial charge in [0.25, 0.3) is 6.65 Å². The van der Waals surface area contributed by atoms with E-state index in [-0.39, 0.29) is 0 Å². The molecule has 18 heavy (non-hydrogen) atoms. The highest BCUT2D eigenvalue weighted by Gasteiger charge is 2.33. The third-order valence-corrected chi connectivity index (χ3v) is 8.97. The van der Waals surface area contributed by atoms with Crippen molar-refractivity contribution in [1.29, 1.82) is 0 Å². The predicted molar refractivity (Wildman–Crippen MR) is 85.3 cm³/mol. The fourth-order valence-corrected chi connectivity index (χ4v) is 6.61. The molecule has 0 N–H and O–H groups in total. The van der Waals surface area contributed by atoms with Crippen molar-refractivity contribution in [3.8, 4) is 0 Å². The molecule has 0 aliphatic carbocycles. The van der Waals surface area contributed by atoms with E-state index in [0.717, 1.165) is 12.2 Å². The topological polar surface area (TPSA) is 32.8 Å². The van der Waals surface area contributed by atoms with Gasteiger partial charge in [0, 0.05) is 19.9 Å². The van der Waals surface area contributed by atoms with Gasteiger partial charge >= 0.3 is 0 Å². The molecule has 0 amide bonds. The van der Waals surface area contributed by atoms with E-state index >= 15 is 0 Å². The van der Waals surface area contributed by atoms with Crippen LogP contribution in [0.25, 0.3) is 0 Å². The molecule has 4 nitrogen and oxygen atoms in total.